The molecule has 0 spiro atoms. The number of hydrogen-bond acceptors (Lipinski definition) is 1. The van der Waals surface area contributed by atoms with Crippen molar-refractivity contribution in [1.29, 1.82) is 0 Å². The normalized spacial score (nSPS) is 12.9. The van der Waals surface area contributed by atoms with Crippen LogP contribution in [0.3, 0.4) is 0 Å². The molecule has 0 aliphatic heterocycles. The summed E-state index contributed by atoms with van der Waals surface area (Å²) in [5.74, 6) is 0. The van der Waals surface area contributed by atoms with E-state index in [1.807, 2.05) is 0 Å². The summed E-state index contributed by atoms with van der Waals surface area (Å²) >= 11 is 0. The molecule has 0 atom stereocenters. The van der Waals surface area contributed by atoms with Gasteiger partial charge in [0.15, 0.2) is 0 Å². The van der Waals surface area contributed by atoms with Crippen molar-refractivity contribution in [3.05, 3.63) is 34.9 Å². The fourth-order valence-electron chi connectivity index (χ4n) is 2.71. The third-order valence-corrected chi connectivity index (χ3v) is 4.28. The molecule has 0 aromatic heterocycles. The number of benzene rings is 1. The second-order valence-electron chi connectivity index (χ2n) is 9.17. The van der Waals surface area contributed by atoms with Gasteiger partial charge in [-0.25, -0.2) is 0 Å². The third-order valence-electron chi connectivity index (χ3n) is 4.28. The first-order chi connectivity index (χ1) is 9.82. The van der Waals surface area contributed by atoms with Gasteiger partial charge in [-0.3, -0.25) is 4.90 Å². The topological polar surface area (TPSA) is 3.24 Å². The molecule has 0 amide bonds. The van der Waals surface area contributed by atoms with Gasteiger partial charge in [0.2, 0.25) is 0 Å². The van der Waals surface area contributed by atoms with Crippen LogP contribution in [0.1, 0.15) is 85.9 Å². The molecule has 0 saturated carbocycles. The van der Waals surface area contributed by atoms with Crippen molar-refractivity contribution in [2.45, 2.75) is 98.7 Å². The standard InChI is InChI=1S/C21H36N.Li/c1-15(2)22(16(3)4)14-17-11-18(20(5,6)7)13-19(12-17)21(8,9)10;/h11,13,15-16H,14H2,1-10H3;/q-1;+1. The van der Waals surface area contributed by atoms with E-state index in [4.69, 9.17) is 0 Å². The van der Waals surface area contributed by atoms with Crippen LogP contribution in [0.5, 0.6) is 0 Å². The fraction of sp³-hybridized carbons (Fsp3) is 0.714. The van der Waals surface area contributed by atoms with E-state index >= 15 is 0 Å². The van der Waals surface area contributed by atoms with E-state index in [-0.39, 0.29) is 29.7 Å². The van der Waals surface area contributed by atoms with E-state index in [1.165, 1.54) is 16.7 Å². The van der Waals surface area contributed by atoms with Crippen molar-refractivity contribution in [2.75, 3.05) is 0 Å². The van der Waals surface area contributed by atoms with Crippen molar-refractivity contribution < 1.29 is 18.9 Å². The summed E-state index contributed by atoms with van der Waals surface area (Å²) in [7, 11) is 0. The van der Waals surface area contributed by atoms with E-state index in [9.17, 15) is 0 Å². The average Bonchev–Trinajstić information content (AvgIpc) is 2.32. The molecule has 0 unspecified atom stereocenters. The van der Waals surface area contributed by atoms with Gasteiger partial charge >= 0.3 is 18.9 Å². The minimum absolute atomic E-state index is 0. The second-order valence-corrected chi connectivity index (χ2v) is 9.17. The van der Waals surface area contributed by atoms with Crippen molar-refractivity contribution in [3.8, 4) is 0 Å². The molecule has 1 aromatic carbocycles. The van der Waals surface area contributed by atoms with Gasteiger partial charge in [0.05, 0.1) is 0 Å². The summed E-state index contributed by atoms with van der Waals surface area (Å²) < 4.78 is 0. The Hall–Kier alpha value is -0.223. The Morgan fingerprint density at radius 3 is 1.70 bits per heavy atom. The first-order valence-corrected chi connectivity index (χ1v) is 8.65. The molecular formula is C21H36LiN. The quantitative estimate of drug-likeness (QED) is 0.610. The van der Waals surface area contributed by atoms with Crippen LogP contribution < -0.4 is 18.9 Å². The minimum Gasteiger partial charge on any atom is -0.296 e. The first kappa shape index (κ1) is 22.8. The van der Waals surface area contributed by atoms with Crippen LogP contribution in [0.25, 0.3) is 0 Å². The van der Waals surface area contributed by atoms with Gasteiger partial charge in [-0.05, 0) is 38.5 Å². The number of hydrogen-bond donors (Lipinski definition) is 0. The molecule has 0 bridgehead atoms. The van der Waals surface area contributed by atoms with Crippen molar-refractivity contribution in [3.63, 3.8) is 0 Å². The summed E-state index contributed by atoms with van der Waals surface area (Å²) in [4.78, 5) is 2.53. The molecule has 2 heteroatoms. The van der Waals surface area contributed by atoms with Gasteiger partial charge in [-0.2, -0.15) is 29.3 Å². The van der Waals surface area contributed by atoms with Crippen LogP contribution in [-0.4, -0.2) is 17.0 Å². The van der Waals surface area contributed by atoms with Crippen molar-refractivity contribution >= 4 is 0 Å². The Balaban J connectivity index is 0.00000484. The van der Waals surface area contributed by atoms with Gasteiger partial charge in [0.1, 0.15) is 0 Å². The monoisotopic (exact) mass is 309 g/mol. The van der Waals surface area contributed by atoms with Crippen LogP contribution >= 0.6 is 0 Å². The van der Waals surface area contributed by atoms with Crippen LogP contribution in [0.15, 0.2) is 12.1 Å². The molecule has 1 nitrogen and oxygen atoms in total. The van der Waals surface area contributed by atoms with Gasteiger partial charge in [0.25, 0.3) is 0 Å². The molecule has 0 radical (unpaired) electrons. The molecular weight excluding hydrogens is 273 g/mol. The maximum absolute atomic E-state index is 3.70. The zero-order valence-electron chi connectivity index (χ0n) is 17.5. The largest absolute Gasteiger partial charge is 1.00 e. The summed E-state index contributed by atoms with van der Waals surface area (Å²) in [6, 6.07) is 9.49. The molecule has 126 valence electrons. The first-order valence-electron chi connectivity index (χ1n) is 8.65. The maximum atomic E-state index is 3.70. The Kier molecular flexibility index (Phi) is 8.16. The SMILES string of the molecule is CC(C)N(Cc1[c-]c(C(C)(C)C)cc(C(C)(C)C)c1)C(C)C.[Li+]. The van der Waals surface area contributed by atoms with E-state index in [0.717, 1.165) is 6.54 Å². The summed E-state index contributed by atoms with van der Waals surface area (Å²) in [6.45, 7) is 23.8. The molecule has 1 rings (SSSR count). The zero-order chi connectivity index (χ0) is 17.3. The fourth-order valence-corrected chi connectivity index (χ4v) is 2.71. The van der Waals surface area contributed by atoms with Crippen molar-refractivity contribution in [2.24, 2.45) is 0 Å². The number of nitrogens with zero attached hydrogens (tertiary/aromatic N) is 1. The summed E-state index contributed by atoms with van der Waals surface area (Å²) in [5, 5.41) is 0. The van der Waals surface area contributed by atoms with E-state index in [0.29, 0.717) is 12.1 Å². The molecule has 23 heavy (non-hydrogen) atoms. The summed E-state index contributed by atoms with van der Waals surface area (Å²) in [5.41, 5.74) is 4.36. The van der Waals surface area contributed by atoms with E-state index in [2.05, 4.69) is 92.3 Å². The Labute approximate surface area is 157 Å². The van der Waals surface area contributed by atoms with Gasteiger partial charge < -0.3 is 0 Å². The Morgan fingerprint density at radius 1 is 0.870 bits per heavy atom. The Morgan fingerprint density at radius 2 is 1.35 bits per heavy atom. The zero-order valence-corrected chi connectivity index (χ0v) is 17.5. The van der Waals surface area contributed by atoms with Crippen LogP contribution in [0, 0.1) is 6.07 Å². The molecule has 0 aliphatic carbocycles. The summed E-state index contributed by atoms with van der Waals surface area (Å²) in [6.07, 6.45) is 0. The molecule has 0 aliphatic rings. The number of rotatable bonds is 4. The Bertz CT molecular complexity index is 449. The second kappa shape index (κ2) is 8.24. The predicted octanol–water partition coefficient (Wildman–Crippen LogP) is 2.70. The maximum Gasteiger partial charge on any atom is 1.00 e. The van der Waals surface area contributed by atoms with Crippen LogP contribution in [-0.2, 0) is 17.4 Å². The third kappa shape index (κ3) is 6.65. The van der Waals surface area contributed by atoms with Crippen LogP contribution in [0.4, 0.5) is 0 Å². The molecule has 1 aromatic rings. The predicted molar refractivity (Wildman–Crippen MR) is 98.5 cm³/mol. The van der Waals surface area contributed by atoms with Gasteiger partial charge in [0, 0.05) is 18.6 Å². The van der Waals surface area contributed by atoms with Crippen molar-refractivity contribution in [1.82, 2.24) is 4.90 Å². The van der Waals surface area contributed by atoms with E-state index in [1.54, 1.807) is 0 Å². The molecule has 0 fully saturated rings. The molecule has 0 saturated heterocycles. The molecule has 0 heterocycles. The van der Waals surface area contributed by atoms with Gasteiger partial charge in [-0.1, -0.05) is 41.5 Å². The van der Waals surface area contributed by atoms with Crippen LogP contribution in [0.2, 0.25) is 0 Å². The van der Waals surface area contributed by atoms with E-state index < -0.39 is 0 Å². The molecule has 0 N–H and O–H groups in total. The average molecular weight is 309 g/mol. The van der Waals surface area contributed by atoms with Gasteiger partial charge in [-0.15, -0.1) is 5.56 Å². The minimum atomic E-state index is 0. The smallest absolute Gasteiger partial charge is 0.296 e.